The van der Waals surface area contributed by atoms with Gasteiger partial charge < -0.3 is 30.8 Å². The Hall–Kier alpha value is -3.33. The molecule has 5 rings (SSSR count). The Kier molecular flexibility index (Phi) is 7.24. The summed E-state index contributed by atoms with van der Waals surface area (Å²) >= 11 is 0. The lowest BCUT2D eigenvalue weighted by Gasteiger charge is -2.32. The van der Waals surface area contributed by atoms with Gasteiger partial charge in [0.2, 0.25) is 5.91 Å². The monoisotopic (exact) mass is 510 g/mol. The van der Waals surface area contributed by atoms with E-state index in [1.54, 1.807) is 6.07 Å². The SMILES string of the molecule is CC1=C(C(=O)NC2CCC(NC(=O)C(C)O)CC2)c2[nH]ccc2C(c2ccc(F)cc2OCC2CC2)N1. The van der Waals surface area contributed by atoms with E-state index in [1.165, 1.54) is 19.1 Å². The van der Waals surface area contributed by atoms with Crippen LogP contribution in [0.1, 0.15) is 75.2 Å². The van der Waals surface area contributed by atoms with Crippen LogP contribution in [0, 0.1) is 11.7 Å². The quantitative estimate of drug-likeness (QED) is 0.374. The van der Waals surface area contributed by atoms with E-state index in [9.17, 15) is 19.1 Å². The summed E-state index contributed by atoms with van der Waals surface area (Å²) in [7, 11) is 0. The largest absolute Gasteiger partial charge is 0.493 e. The minimum absolute atomic E-state index is 0.00293. The number of allylic oxidation sites excluding steroid dienone is 1. The van der Waals surface area contributed by atoms with E-state index in [0.717, 1.165) is 61.0 Å². The van der Waals surface area contributed by atoms with Crippen LogP contribution in [0.3, 0.4) is 0 Å². The van der Waals surface area contributed by atoms with Crippen LogP contribution in [0.25, 0.3) is 5.57 Å². The van der Waals surface area contributed by atoms with Gasteiger partial charge in [-0.3, -0.25) is 9.59 Å². The highest BCUT2D eigenvalue weighted by Gasteiger charge is 2.33. The number of aromatic amines is 1. The van der Waals surface area contributed by atoms with Gasteiger partial charge in [0.05, 0.1) is 23.9 Å². The van der Waals surface area contributed by atoms with Crippen LogP contribution in [-0.2, 0) is 9.59 Å². The molecule has 0 spiro atoms. The third-order valence-corrected chi connectivity index (χ3v) is 7.55. The highest BCUT2D eigenvalue weighted by molar-refractivity contribution is 6.20. The molecule has 198 valence electrons. The van der Waals surface area contributed by atoms with Crippen LogP contribution in [0.2, 0.25) is 0 Å². The molecule has 3 aliphatic rings. The van der Waals surface area contributed by atoms with E-state index in [-0.39, 0.29) is 35.8 Å². The summed E-state index contributed by atoms with van der Waals surface area (Å²) in [6, 6.07) is 6.30. The van der Waals surface area contributed by atoms with E-state index >= 15 is 0 Å². The second-order valence-corrected chi connectivity index (χ2v) is 10.5. The second kappa shape index (κ2) is 10.6. The van der Waals surface area contributed by atoms with Crippen molar-refractivity contribution in [1.82, 2.24) is 20.9 Å². The summed E-state index contributed by atoms with van der Waals surface area (Å²) in [6.07, 6.45) is 6.05. The number of amides is 2. The van der Waals surface area contributed by atoms with Crippen LogP contribution >= 0.6 is 0 Å². The predicted molar refractivity (Wildman–Crippen MR) is 137 cm³/mol. The standard InChI is InChI=1S/C28H35FN4O4/c1-15-24(28(36)33-20-8-6-19(7-9-20)32-27(35)16(2)34)26-22(11-12-30-26)25(31-15)21-10-5-18(29)13-23(21)37-14-17-3-4-17/h5,10-13,16-17,19-20,25,30-31,34H,3-4,6-9,14H2,1-2H3,(H,32,35)(H,33,36). The molecule has 2 aromatic rings. The number of aliphatic hydroxyl groups is 1. The summed E-state index contributed by atoms with van der Waals surface area (Å²) in [5, 5.41) is 18.9. The average molecular weight is 511 g/mol. The highest BCUT2D eigenvalue weighted by atomic mass is 19.1. The van der Waals surface area contributed by atoms with Crippen LogP contribution in [0.5, 0.6) is 5.75 Å². The highest BCUT2D eigenvalue weighted by Crippen LogP contribution is 2.40. The normalized spacial score (nSPS) is 24.1. The maximum Gasteiger partial charge on any atom is 0.255 e. The van der Waals surface area contributed by atoms with Gasteiger partial charge in [-0.05, 0) is 76.5 Å². The van der Waals surface area contributed by atoms with E-state index in [2.05, 4.69) is 20.9 Å². The molecule has 37 heavy (non-hydrogen) atoms. The zero-order valence-corrected chi connectivity index (χ0v) is 21.3. The Morgan fingerprint density at radius 3 is 2.46 bits per heavy atom. The molecule has 1 aromatic heterocycles. The van der Waals surface area contributed by atoms with Crippen molar-refractivity contribution in [3.05, 3.63) is 58.8 Å². The summed E-state index contributed by atoms with van der Waals surface area (Å²) < 4.78 is 20.1. The minimum Gasteiger partial charge on any atom is -0.493 e. The molecule has 2 atom stereocenters. The Balaban J connectivity index is 1.29. The first kappa shape index (κ1) is 25.3. The van der Waals surface area contributed by atoms with Crippen molar-refractivity contribution < 1.29 is 23.8 Å². The average Bonchev–Trinajstić information content (AvgIpc) is 3.57. The number of hydrogen-bond donors (Lipinski definition) is 5. The number of ether oxygens (including phenoxy) is 1. The molecular formula is C28H35FN4O4. The first-order chi connectivity index (χ1) is 17.8. The molecule has 8 nitrogen and oxygen atoms in total. The molecular weight excluding hydrogens is 475 g/mol. The number of aliphatic hydroxyl groups excluding tert-OH is 1. The molecule has 2 unspecified atom stereocenters. The number of carbonyl (C=O) groups excluding carboxylic acids is 2. The van der Waals surface area contributed by atoms with Gasteiger partial charge in [0.1, 0.15) is 17.7 Å². The van der Waals surface area contributed by atoms with Gasteiger partial charge in [0.15, 0.2) is 0 Å². The van der Waals surface area contributed by atoms with Gasteiger partial charge in [-0.25, -0.2) is 4.39 Å². The summed E-state index contributed by atoms with van der Waals surface area (Å²) in [5.74, 6) is 0.203. The molecule has 2 fully saturated rings. The molecule has 9 heteroatoms. The third kappa shape index (κ3) is 5.66. The minimum atomic E-state index is -1.03. The third-order valence-electron chi connectivity index (χ3n) is 7.55. The first-order valence-electron chi connectivity index (χ1n) is 13.2. The van der Waals surface area contributed by atoms with E-state index in [1.807, 2.05) is 19.2 Å². The number of fused-ring (bicyclic) bond motifs is 1. The van der Waals surface area contributed by atoms with Gasteiger partial charge in [0, 0.05) is 41.2 Å². The molecule has 1 aliphatic heterocycles. The van der Waals surface area contributed by atoms with Crippen molar-refractivity contribution in [2.75, 3.05) is 6.61 Å². The van der Waals surface area contributed by atoms with Gasteiger partial charge in [-0.1, -0.05) is 0 Å². The zero-order valence-electron chi connectivity index (χ0n) is 21.3. The number of benzene rings is 1. The molecule has 1 aromatic carbocycles. The van der Waals surface area contributed by atoms with Crippen molar-refractivity contribution >= 4 is 17.4 Å². The van der Waals surface area contributed by atoms with E-state index < -0.39 is 6.10 Å². The van der Waals surface area contributed by atoms with Gasteiger partial charge in [0.25, 0.3) is 5.91 Å². The smallest absolute Gasteiger partial charge is 0.255 e. The number of aromatic nitrogens is 1. The number of H-pyrrole nitrogens is 1. The van der Waals surface area contributed by atoms with Crippen molar-refractivity contribution in [2.24, 2.45) is 5.92 Å². The van der Waals surface area contributed by atoms with Crippen molar-refractivity contribution in [3.8, 4) is 5.75 Å². The van der Waals surface area contributed by atoms with Gasteiger partial charge in [-0.15, -0.1) is 0 Å². The molecule has 0 bridgehead atoms. The molecule has 5 N–H and O–H groups in total. The topological polar surface area (TPSA) is 115 Å². The summed E-state index contributed by atoms with van der Waals surface area (Å²) in [6.45, 7) is 3.91. The Labute approximate surface area is 216 Å². The predicted octanol–water partition coefficient (Wildman–Crippen LogP) is 3.29. The molecule has 0 saturated heterocycles. The van der Waals surface area contributed by atoms with Gasteiger partial charge in [-0.2, -0.15) is 0 Å². The summed E-state index contributed by atoms with van der Waals surface area (Å²) in [4.78, 5) is 28.4. The number of nitrogens with one attached hydrogen (secondary N) is 4. The first-order valence-corrected chi connectivity index (χ1v) is 13.2. The number of carbonyl (C=O) groups is 2. The van der Waals surface area contributed by atoms with Crippen LogP contribution in [-0.4, -0.2) is 46.7 Å². The fourth-order valence-electron chi connectivity index (χ4n) is 5.25. The molecule has 2 saturated carbocycles. The lowest BCUT2D eigenvalue weighted by atomic mass is 9.89. The Morgan fingerprint density at radius 1 is 1.08 bits per heavy atom. The molecule has 2 heterocycles. The maximum atomic E-state index is 14.1. The molecule has 0 radical (unpaired) electrons. The number of rotatable bonds is 8. The van der Waals surface area contributed by atoms with E-state index in [0.29, 0.717) is 23.8 Å². The Morgan fingerprint density at radius 2 is 1.78 bits per heavy atom. The van der Waals surface area contributed by atoms with Gasteiger partial charge >= 0.3 is 0 Å². The number of hydrogen-bond acceptors (Lipinski definition) is 5. The maximum absolute atomic E-state index is 14.1. The van der Waals surface area contributed by atoms with Crippen molar-refractivity contribution in [1.29, 1.82) is 0 Å². The fraction of sp³-hybridized carbons (Fsp3) is 0.500. The lowest BCUT2D eigenvalue weighted by molar-refractivity contribution is -0.129. The van der Waals surface area contributed by atoms with Crippen molar-refractivity contribution in [3.63, 3.8) is 0 Å². The fourth-order valence-corrected chi connectivity index (χ4v) is 5.25. The number of halogens is 1. The lowest BCUT2D eigenvalue weighted by Crippen LogP contribution is -2.46. The van der Waals surface area contributed by atoms with Crippen LogP contribution < -0.4 is 20.7 Å². The molecule has 2 aliphatic carbocycles. The second-order valence-electron chi connectivity index (χ2n) is 10.5. The van der Waals surface area contributed by atoms with Crippen LogP contribution in [0.15, 0.2) is 36.2 Å². The van der Waals surface area contributed by atoms with Crippen molar-refractivity contribution in [2.45, 2.75) is 76.6 Å². The molecule has 2 amide bonds. The Bertz CT molecular complexity index is 1190. The van der Waals surface area contributed by atoms with Crippen LogP contribution in [0.4, 0.5) is 4.39 Å². The van der Waals surface area contributed by atoms with E-state index in [4.69, 9.17) is 4.74 Å². The zero-order chi connectivity index (χ0) is 26.1. The summed E-state index contributed by atoms with van der Waals surface area (Å²) in [5.41, 5.74) is 3.77.